The highest BCUT2D eigenvalue weighted by Gasteiger charge is 2.27. The summed E-state index contributed by atoms with van der Waals surface area (Å²) in [5.41, 5.74) is 0.292. The van der Waals surface area contributed by atoms with Crippen LogP contribution in [0, 0.1) is 5.92 Å². The number of esters is 1. The Hall–Kier alpha value is -2.24. The zero-order valence-electron chi connectivity index (χ0n) is 11.8. The van der Waals surface area contributed by atoms with Crippen molar-refractivity contribution >= 4 is 11.9 Å². The summed E-state index contributed by atoms with van der Waals surface area (Å²) < 4.78 is 4.72. The van der Waals surface area contributed by atoms with Gasteiger partial charge in [-0.2, -0.15) is 0 Å². The van der Waals surface area contributed by atoms with Crippen molar-refractivity contribution < 1.29 is 24.5 Å². The molecular formula is C15H19NO5. The molecule has 0 bridgehead atoms. The van der Waals surface area contributed by atoms with E-state index in [1.54, 1.807) is 0 Å². The standard InChI is InChI=1S/C15H19NO5/c1-21-15(20)9-2-5-11(6-3-9)16-14(19)10-4-7-12(17)13(18)8-10/h4,7-9,11,17-18H,2-3,5-6H2,1H3,(H,16,19). The molecule has 21 heavy (non-hydrogen) atoms. The smallest absolute Gasteiger partial charge is 0.308 e. The summed E-state index contributed by atoms with van der Waals surface area (Å²) in [5, 5.41) is 21.5. The summed E-state index contributed by atoms with van der Waals surface area (Å²) in [6.07, 6.45) is 2.82. The lowest BCUT2D eigenvalue weighted by atomic mass is 9.86. The Labute approximate surface area is 122 Å². The van der Waals surface area contributed by atoms with Gasteiger partial charge in [-0.1, -0.05) is 0 Å². The van der Waals surface area contributed by atoms with Gasteiger partial charge in [-0.25, -0.2) is 0 Å². The Morgan fingerprint density at radius 1 is 1.14 bits per heavy atom. The Bertz CT molecular complexity index is 535. The van der Waals surface area contributed by atoms with Crippen LogP contribution in [0.2, 0.25) is 0 Å². The zero-order chi connectivity index (χ0) is 15.4. The fourth-order valence-electron chi connectivity index (χ4n) is 2.57. The third-order valence-corrected chi connectivity index (χ3v) is 3.83. The number of ether oxygens (including phenoxy) is 1. The number of carbonyl (C=O) groups excluding carboxylic acids is 2. The third kappa shape index (κ3) is 3.65. The molecule has 6 heteroatoms. The number of aromatic hydroxyl groups is 2. The van der Waals surface area contributed by atoms with Crippen LogP contribution in [0.1, 0.15) is 36.0 Å². The number of nitrogens with one attached hydrogen (secondary N) is 1. The summed E-state index contributed by atoms with van der Waals surface area (Å²) in [7, 11) is 1.38. The molecule has 1 saturated carbocycles. The number of benzene rings is 1. The highest BCUT2D eigenvalue weighted by atomic mass is 16.5. The maximum Gasteiger partial charge on any atom is 0.308 e. The number of methoxy groups -OCH3 is 1. The van der Waals surface area contributed by atoms with E-state index in [1.807, 2.05) is 0 Å². The molecule has 0 aromatic heterocycles. The molecule has 0 saturated heterocycles. The van der Waals surface area contributed by atoms with E-state index in [2.05, 4.69) is 5.32 Å². The van der Waals surface area contributed by atoms with Crippen LogP contribution in [-0.4, -0.2) is 35.2 Å². The molecule has 1 aliphatic carbocycles. The Kier molecular flexibility index (Phi) is 4.67. The van der Waals surface area contributed by atoms with Gasteiger partial charge in [-0.05, 0) is 43.9 Å². The second-order valence-electron chi connectivity index (χ2n) is 5.25. The van der Waals surface area contributed by atoms with Crippen LogP contribution in [0.25, 0.3) is 0 Å². The second-order valence-corrected chi connectivity index (χ2v) is 5.25. The monoisotopic (exact) mass is 293 g/mol. The maximum absolute atomic E-state index is 12.1. The number of phenols is 2. The van der Waals surface area contributed by atoms with Crippen molar-refractivity contribution in [3.63, 3.8) is 0 Å². The number of amides is 1. The number of rotatable bonds is 3. The van der Waals surface area contributed by atoms with Crippen molar-refractivity contribution in [3.05, 3.63) is 23.8 Å². The van der Waals surface area contributed by atoms with E-state index in [1.165, 1.54) is 25.3 Å². The first-order valence-electron chi connectivity index (χ1n) is 6.92. The third-order valence-electron chi connectivity index (χ3n) is 3.83. The number of carbonyl (C=O) groups is 2. The topological polar surface area (TPSA) is 95.9 Å². The van der Waals surface area contributed by atoms with E-state index in [0.29, 0.717) is 18.4 Å². The minimum absolute atomic E-state index is 0.00866. The molecule has 1 aromatic carbocycles. The van der Waals surface area contributed by atoms with Crippen molar-refractivity contribution in [2.45, 2.75) is 31.7 Å². The minimum atomic E-state index is -0.322. The minimum Gasteiger partial charge on any atom is -0.504 e. The van der Waals surface area contributed by atoms with Gasteiger partial charge in [0.1, 0.15) is 0 Å². The molecule has 0 radical (unpaired) electrons. The summed E-state index contributed by atoms with van der Waals surface area (Å²) in [4.78, 5) is 23.5. The van der Waals surface area contributed by atoms with Crippen molar-refractivity contribution in [2.24, 2.45) is 5.92 Å². The average Bonchev–Trinajstić information content (AvgIpc) is 2.50. The van der Waals surface area contributed by atoms with Gasteiger partial charge in [0.15, 0.2) is 11.5 Å². The molecule has 114 valence electrons. The lowest BCUT2D eigenvalue weighted by molar-refractivity contribution is -0.146. The van der Waals surface area contributed by atoms with Crippen LogP contribution in [-0.2, 0) is 9.53 Å². The van der Waals surface area contributed by atoms with Crippen LogP contribution in [0.3, 0.4) is 0 Å². The predicted octanol–water partition coefficient (Wildman–Crippen LogP) is 1.56. The summed E-state index contributed by atoms with van der Waals surface area (Å²) in [6, 6.07) is 3.96. The molecule has 1 aromatic rings. The van der Waals surface area contributed by atoms with Gasteiger partial charge in [0.25, 0.3) is 5.91 Å². The molecule has 1 aliphatic rings. The molecule has 2 rings (SSSR count). The molecule has 1 amide bonds. The highest BCUT2D eigenvalue weighted by Crippen LogP contribution is 2.27. The quantitative estimate of drug-likeness (QED) is 0.580. The Balaban J connectivity index is 1.89. The van der Waals surface area contributed by atoms with Gasteiger partial charge >= 0.3 is 5.97 Å². The fraction of sp³-hybridized carbons (Fsp3) is 0.467. The number of hydrogen-bond acceptors (Lipinski definition) is 5. The van der Waals surface area contributed by atoms with Gasteiger partial charge in [0.05, 0.1) is 13.0 Å². The molecular weight excluding hydrogens is 274 g/mol. The van der Waals surface area contributed by atoms with Crippen LogP contribution in [0.5, 0.6) is 11.5 Å². The van der Waals surface area contributed by atoms with Crippen LogP contribution < -0.4 is 5.32 Å². The maximum atomic E-state index is 12.1. The van der Waals surface area contributed by atoms with E-state index >= 15 is 0 Å². The largest absolute Gasteiger partial charge is 0.504 e. The molecule has 0 spiro atoms. The van der Waals surface area contributed by atoms with Crippen molar-refractivity contribution in [1.29, 1.82) is 0 Å². The van der Waals surface area contributed by atoms with Gasteiger partial charge in [-0.3, -0.25) is 9.59 Å². The number of hydrogen-bond donors (Lipinski definition) is 3. The lowest BCUT2D eigenvalue weighted by Gasteiger charge is -2.27. The van der Waals surface area contributed by atoms with Gasteiger partial charge in [0.2, 0.25) is 0 Å². The van der Waals surface area contributed by atoms with Crippen LogP contribution in [0.15, 0.2) is 18.2 Å². The molecule has 6 nitrogen and oxygen atoms in total. The highest BCUT2D eigenvalue weighted by molar-refractivity contribution is 5.95. The average molecular weight is 293 g/mol. The van der Waals surface area contributed by atoms with E-state index in [4.69, 9.17) is 4.74 Å². The SMILES string of the molecule is COC(=O)C1CCC(NC(=O)c2ccc(O)c(O)c2)CC1. The first-order chi connectivity index (χ1) is 10.0. The van der Waals surface area contributed by atoms with Crippen LogP contribution in [0.4, 0.5) is 0 Å². The summed E-state index contributed by atoms with van der Waals surface area (Å²) >= 11 is 0. The van der Waals surface area contributed by atoms with E-state index in [0.717, 1.165) is 12.8 Å². The van der Waals surface area contributed by atoms with Crippen molar-refractivity contribution in [1.82, 2.24) is 5.32 Å². The molecule has 3 N–H and O–H groups in total. The molecule has 1 fully saturated rings. The Morgan fingerprint density at radius 2 is 1.81 bits per heavy atom. The van der Waals surface area contributed by atoms with Gasteiger partial charge in [0, 0.05) is 11.6 Å². The summed E-state index contributed by atoms with van der Waals surface area (Å²) in [6.45, 7) is 0. The van der Waals surface area contributed by atoms with E-state index < -0.39 is 0 Å². The Morgan fingerprint density at radius 3 is 2.38 bits per heavy atom. The molecule has 0 unspecified atom stereocenters. The summed E-state index contributed by atoms with van der Waals surface area (Å²) in [5.74, 6) is -1.15. The predicted molar refractivity (Wildman–Crippen MR) is 75.0 cm³/mol. The zero-order valence-corrected chi connectivity index (χ0v) is 11.8. The van der Waals surface area contributed by atoms with Gasteiger partial charge < -0.3 is 20.3 Å². The van der Waals surface area contributed by atoms with E-state index in [9.17, 15) is 19.8 Å². The van der Waals surface area contributed by atoms with Crippen molar-refractivity contribution in [2.75, 3.05) is 7.11 Å². The molecule has 0 aliphatic heterocycles. The second kappa shape index (κ2) is 6.47. The number of phenolic OH excluding ortho intramolecular Hbond substituents is 2. The van der Waals surface area contributed by atoms with Gasteiger partial charge in [-0.15, -0.1) is 0 Å². The first kappa shape index (κ1) is 15.2. The fourth-order valence-corrected chi connectivity index (χ4v) is 2.57. The van der Waals surface area contributed by atoms with E-state index in [-0.39, 0.29) is 35.3 Å². The lowest BCUT2D eigenvalue weighted by Crippen LogP contribution is -2.38. The van der Waals surface area contributed by atoms with Crippen molar-refractivity contribution in [3.8, 4) is 11.5 Å². The molecule has 0 atom stereocenters. The van der Waals surface area contributed by atoms with Crippen LogP contribution >= 0.6 is 0 Å². The normalized spacial score (nSPS) is 21.6. The first-order valence-corrected chi connectivity index (χ1v) is 6.92. The molecule has 0 heterocycles.